The zero-order valence-electron chi connectivity index (χ0n) is 22.1. The third-order valence-corrected chi connectivity index (χ3v) is 9.92. The highest BCUT2D eigenvalue weighted by Crippen LogP contribution is 2.65. The Bertz CT molecular complexity index is 1190. The summed E-state index contributed by atoms with van der Waals surface area (Å²) in [5.41, 5.74) is 0.366. The maximum atomic E-state index is 13.9. The standard InChI is InChI=1S/C26H35N2O6PS/c1-17(2)33-35(30,34-18(3)4)26(6)10-9-21(13-19(26)5)32-22-14-20(24(29)31-8)15-23(16-22)36-25-27-11-12-28(25)7/h9-19H,1-8H3. The van der Waals surface area contributed by atoms with Gasteiger partial charge < -0.3 is 23.1 Å². The quantitative estimate of drug-likeness (QED) is 0.248. The van der Waals surface area contributed by atoms with Crippen molar-refractivity contribution < 1.29 is 27.9 Å². The second kappa shape index (κ2) is 11.4. The molecule has 1 heterocycles. The van der Waals surface area contributed by atoms with Gasteiger partial charge in [-0.3, -0.25) is 4.57 Å². The normalized spacial score (nSPS) is 20.1. The number of ether oxygens (including phenoxy) is 2. The van der Waals surface area contributed by atoms with Gasteiger partial charge in [0, 0.05) is 24.3 Å². The molecule has 1 aliphatic rings. The van der Waals surface area contributed by atoms with E-state index in [0.29, 0.717) is 17.1 Å². The lowest BCUT2D eigenvalue weighted by molar-refractivity contribution is 0.0600. The van der Waals surface area contributed by atoms with E-state index in [1.807, 2.05) is 77.6 Å². The molecule has 10 heteroatoms. The van der Waals surface area contributed by atoms with Gasteiger partial charge >= 0.3 is 13.6 Å². The number of aromatic nitrogens is 2. The van der Waals surface area contributed by atoms with E-state index < -0.39 is 18.7 Å². The summed E-state index contributed by atoms with van der Waals surface area (Å²) < 4.78 is 38.7. The number of methoxy groups -OCH3 is 1. The lowest BCUT2D eigenvalue weighted by Crippen LogP contribution is -2.35. The topological polar surface area (TPSA) is 88.9 Å². The van der Waals surface area contributed by atoms with E-state index in [1.165, 1.54) is 18.9 Å². The molecule has 0 fully saturated rings. The Morgan fingerprint density at radius 1 is 1.17 bits per heavy atom. The van der Waals surface area contributed by atoms with Crippen molar-refractivity contribution in [3.63, 3.8) is 0 Å². The maximum absolute atomic E-state index is 13.9. The van der Waals surface area contributed by atoms with Crippen LogP contribution in [0.4, 0.5) is 0 Å². The number of imidazole rings is 1. The van der Waals surface area contributed by atoms with Crippen molar-refractivity contribution in [2.45, 2.75) is 69.0 Å². The first-order chi connectivity index (χ1) is 16.9. The predicted molar refractivity (Wildman–Crippen MR) is 141 cm³/mol. The van der Waals surface area contributed by atoms with Crippen LogP contribution >= 0.6 is 19.4 Å². The number of benzene rings is 1. The Kier molecular flexibility index (Phi) is 8.93. The number of carbonyl (C=O) groups excluding carboxylic acids is 1. The number of aryl methyl sites for hydroxylation is 1. The number of allylic oxidation sites excluding steroid dienone is 3. The fourth-order valence-corrected chi connectivity index (χ4v) is 7.04. The van der Waals surface area contributed by atoms with Crippen LogP contribution in [0.1, 0.15) is 51.9 Å². The average Bonchev–Trinajstić information content (AvgIpc) is 3.18. The third kappa shape index (κ3) is 6.32. The lowest BCUT2D eigenvalue weighted by atomic mass is 9.90. The third-order valence-electron chi connectivity index (χ3n) is 5.73. The van der Waals surface area contributed by atoms with Crippen molar-refractivity contribution in [3.05, 3.63) is 60.1 Å². The van der Waals surface area contributed by atoms with E-state index >= 15 is 0 Å². The van der Waals surface area contributed by atoms with Crippen LogP contribution in [-0.2, 0) is 25.4 Å². The molecule has 8 nitrogen and oxygen atoms in total. The molecule has 2 aromatic rings. The Morgan fingerprint density at radius 3 is 2.36 bits per heavy atom. The van der Waals surface area contributed by atoms with Gasteiger partial charge in [-0.2, -0.15) is 0 Å². The van der Waals surface area contributed by atoms with E-state index in [4.69, 9.17) is 18.5 Å². The van der Waals surface area contributed by atoms with E-state index in [-0.39, 0.29) is 18.1 Å². The summed E-state index contributed by atoms with van der Waals surface area (Å²) in [5, 5.41) is -0.100. The molecule has 0 radical (unpaired) electrons. The molecule has 2 atom stereocenters. The summed E-state index contributed by atoms with van der Waals surface area (Å²) in [4.78, 5) is 17.4. The zero-order chi connectivity index (χ0) is 26.7. The van der Waals surface area contributed by atoms with Gasteiger partial charge in [0.1, 0.15) is 11.5 Å². The van der Waals surface area contributed by atoms with Crippen LogP contribution < -0.4 is 4.74 Å². The van der Waals surface area contributed by atoms with Crippen molar-refractivity contribution in [2.75, 3.05) is 7.11 Å². The first-order valence-electron chi connectivity index (χ1n) is 11.8. The Labute approximate surface area is 217 Å². The van der Waals surface area contributed by atoms with Crippen molar-refractivity contribution >= 4 is 25.3 Å². The van der Waals surface area contributed by atoms with Crippen molar-refractivity contribution in [2.24, 2.45) is 13.0 Å². The highest BCUT2D eigenvalue weighted by Gasteiger charge is 2.51. The van der Waals surface area contributed by atoms with Gasteiger partial charge in [-0.15, -0.1) is 0 Å². The molecule has 0 saturated carbocycles. The van der Waals surface area contributed by atoms with Crippen molar-refractivity contribution in [1.82, 2.24) is 9.55 Å². The van der Waals surface area contributed by atoms with E-state index in [9.17, 15) is 9.36 Å². The number of carbonyl (C=O) groups is 1. The van der Waals surface area contributed by atoms with Gasteiger partial charge in [-0.25, -0.2) is 9.78 Å². The molecule has 0 bridgehead atoms. The highest BCUT2D eigenvalue weighted by molar-refractivity contribution is 7.99. The predicted octanol–water partition coefficient (Wildman–Crippen LogP) is 6.63. The molecule has 0 N–H and O–H groups in total. The van der Waals surface area contributed by atoms with Crippen LogP contribution in [0.25, 0.3) is 0 Å². The molecule has 2 unspecified atom stereocenters. The molecular weight excluding hydrogens is 499 g/mol. The summed E-state index contributed by atoms with van der Waals surface area (Å²) in [6.07, 6.45) is 8.56. The van der Waals surface area contributed by atoms with Crippen LogP contribution in [0.3, 0.4) is 0 Å². The van der Waals surface area contributed by atoms with Gasteiger partial charge in [0.2, 0.25) is 0 Å². The van der Waals surface area contributed by atoms with Crippen LogP contribution in [0, 0.1) is 5.92 Å². The van der Waals surface area contributed by atoms with E-state index in [0.717, 1.165) is 10.1 Å². The van der Waals surface area contributed by atoms with Gasteiger partial charge in [-0.05, 0) is 70.9 Å². The second-order valence-corrected chi connectivity index (χ2v) is 12.9. The number of hydrogen-bond donors (Lipinski definition) is 0. The molecule has 0 saturated heterocycles. The van der Waals surface area contributed by atoms with Gasteiger partial charge in [-0.1, -0.05) is 24.8 Å². The van der Waals surface area contributed by atoms with Crippen molar-refractivity contribution in [1.29, 1.82) is 0 Å². The van der Waals surface area contributed by atoms with Crippen molar-refractivity contribution in [3.8, 4) is 5.75 Å². The Hall–Kier alpha value is -2.32. The molecule has 0 spiro atoms. The minimum absolute atomic E-state index is 0.217. The lowest BCUT2D eigenvalue weighted by Gasteiger charge is -2.40. The summed E-state index contributed by atoms with van der Waals surface area (Å²) >= 11 is 1.41. The molecule has 1 aliphatic carbocycles. The van der Waals surface area contributed by atoms with Crippen LogP contribution in [-0.4, -0.2) is 40.0 Å². The molecule has 196 valence electrons. The zero-order valence-corrected chi connectivity index (χ0v) is 23.8. The first-order valence-corrected chi connectivity index (χ1v) is 14.2. The summed E-state index contributed by atoms with van der Waals surface area (Å²) in [5.74, 6) is 0.358. The Balaban J connectivity index is 1.90. The molecule has 36 heavy (non-hydrogen) atoms. The summed E-state index contributed by atoms with van der Waals surface area (Å²) in [7, 11) is -0.274. The summed E-state index contributed by atoms with van der Waals surface area (Å²) in [6, 6.07) is 5.22. The molecular formula is C26H35N2O6PS. The van der Waals surface area contributed by atoms with Crippen LogP contribution in [0.2, 0.25) is 0 Å². The molecule has 0 aliphatic heterocycles. The second-order valence-electron chi connectivity index (χ2n) is 9.43. The van der Waals surface area contributed by atoms with E-state index in [2.05, 4.69) is 4.98 Å². The fraction of sp³-hybridized carbons (Fsp3) is 0.462. The SMILES string of the molecule is COC(=O)c1cc(OC2=CC(C)C(C)(P(=O)(OC(C)C)OC(C)C)C=C2)cc(Sc2nccn2C)c1. The average molecular weight is 535 g/mol. The first kappa shape index (κ1) is 28.3. The fourth-order valence-electron chi connectivity index (χ4n) is 3.71. The molecule has 1 aromatic heterocycles. The van der Waals surface area contributed by atoms with Gasteiger partial charge in [0.25, 0.3) is 0 Å². The van der Waals surface area contributed by atoms with Crippen LogP contribution in [0.5, 0.6) is 5.75 Å². The molecule has 3 rings (SSSR count). The largest absolute Gasteiger partial charge is 0.465 e. The number of hydrogen-bond acceptors (Lipinski definition) is 8. The maximum Gasteiger partial charge on any atom is 0.341 e. The van der Waals surface area contributed by atoms with Gasteiger partial charge in [0.05, 0.1) is 30.0 Å². The van der Waals surface area contributed by atoms with Crippen LogP contribution in [0.15, 0.2) is 64.6 Å². The number of rotatable bonds is 10. The van der Waals surface area contributed by atoms with Gasteiger partial charge in [0.15, 0.2) is 5.16 Å². The minimum Gasteiger partial charge on any atom is -0.465 e. The molecule has 0 amide bonds. The monoisotopic (exact) mass is 534 g/mol. The number of esters is 1. The highest BCUT2D eigenvalue weighted by atomic mass is 32.2. The number of nitrogens with zero attached hydrogens (tertiary/aromatic N) is 2. The minimum atomic E-state index is -3.52. The summed E-state index contributed by atoms with van der Waals surface area (Å²) in [6.45, 7) is 11.2. The smallest absolute Gasteiger partial charge is 0.341 e. The molecule has 1 aromatic carbocycles. The Morgan fingerprint density at radius 2 is 1.83 bits per heavy atom. The van der Waals surface area contributed by atoms with E-state index in [1.54, 1.807) is 24.4 Å².